The van der Waals surface area contributed by atoms with Crippen LogP contribution in [0.2, 0.25) is 0 Å². The molecule has 0 bridgehead atoms. The molecule has 2 heterocycles. The van der Waals surface area contributed by atoms with Gasteiger partial charge in [-0.3, -0.25) is 0 Å². The molecule has 1 aliphatic heterocycles. The number of hydrogen-bond acceptors (Lipinski definition) is 5. The normalized spacial score (nSPS) is 14.6. The molecule has 0 saturated carbocycles. The van der Waals surface area contributed by atoms with Crippen LogP contribution in [0.25, 0.3) is 10.9 Å². The summed E-state index contributed by atoms with van der Waals surface area (Å²) < 4.78 is 11.8. The van der Waals surface area contributed by atoms with E-state index < -0.39 is 0 Å². The number of benzene rings is 2. The molecule has 0 aliphatic carbocycles. The Hall–Kier alpha value is -2.66. The molecule has 27 heavy (non-hydrogen) atoms. The van der Waals surface area contributed by atoms with Crippen LogP contribution >= 0.6 is 0 Å². The van der Waals surface area contributed by atoms with Crippen molar-refractivity contribution in [3.8, 4) is 5.75 Å². The predicted molar refractivity (Wildman–Crippen MR) is 108 cm³/mol. The van der Waals surface area contributed by atoms with E-state index in [4.69, 9.17) is 9.47 Å². The first kappa shape index (κ1) is 17.7. The minimum absolute atomic E-state index is 0.523. The third-order valence-electron chi connectivity index (χ3n) is 4.93. The van der Waals surface area contributed by atoms with Crippen LogP contribution in [0.3, 0.4) is 0 Å². The molecule has 5 heteroatoms. The second-order valence-electron chi connectivity index (χ2n) is 7.07. The van der Waals surface area contributed by atoms with Gasteiger partial charge in [-0.1, -0.05) is 29.8 Å². The minimum Gasteiger partial charge on any atom is -0.488 e. The largest absolute Gasteiger partial charge is 0.488 e. The van der Waals surface area contributed by atoms with E-state index in [2.05, 4.69) is 58.2 Å². The predicted octanol–water partition coefficient (Wildman–Crippen LogP) is 3.97. The lowest BCUT2D eigenvalue weighted by Crippen LogP contribution is -2.36. The molecular weight excluding hydrogens is 338 g/mol. The van der Waals surface area contributed by atoms with Gasteiger partial charge in [-0.25, -0.2) is 9.97 Å². The number of aryl methyl sites for hydroxylation is 3. The molecule has 0 radical (unpaired) electrons. The van der Waals surface area contributed by atoms with Crippen LogP contribution in [0.4, 0.5) is 5.69 Å². The zero-order chi connectivity index (χ0) is 18.8. The van der Waals surface area contributed by atoms with E-state index in [9.17, 15) is 0 Å². The topological polar surface area (TPSA) is 47.5 Å². The van der Waals surface area contributed by atoms with Gasteiger partial charge in [0, 0.05) is 24.8 Å². The lowest BCUT2D eigenvalue weighted by atomic mass is 10.1. The molecule has 0 atom stereocenters. The molecule has 1 fully saturated rings. The first-order valence-electron chi connectivity index (χ1n) is 9.40. The molecule has 1 aliphatic rings. The smallest absolute Gasteiger partial charge is 0.133 e. The molecule has 1 aromatic heterocycles. The molecule has 0 N–H and O–H groups in total. The highest BCUT2D eigenvalue weighted by Crippen LogP contribution is 2.33. The van der Waals surface area contributed by atoms with Crippen LogP contribution in [0.15, 0.2) is 36.4 Å². The molecular formula is C22H25N3O2. The third-order valence-corrected chi connectivity index (χ3v) is 4.93. The van der Waals surface area contributed by atoms with E-state index in [0.29, 0.717) is 6.61 Å². The van der Waals surface area contributed by atoms with Gasteiger partial charge in [0.1, 0.15) is 18.2 Å². The Balaban J connectivity index is 1.72. The number of rotatable bonds is 4. The summed E-state index contributed by atoms with van der Waals surface area (Å²) in [4.78, 5) is 11.5. The highest BCUT2D eigenvalue weighted by atomic mass is 16.5. The van der Waals surface area contributed by atoms with Gasteiger partial charge in [0.2, 0.25) is 0 Å². The SMILES string of the molecule is Cc1ccc(COc2cc(N3CCOCC3)cc3nc(C)nc(C)c23)cc1. The van der Waals surface area contributed by atoms with Crippen molar-refractivity contribution >= 4 is 16.6 Å². The molecule has 5 nitrogen and oxygen atoms in total. The molecule has 4 rings (SSSR count). The second-order valence-corrected chi connectivity index (χ2v) is 7.07. The van der Waals surface area contributed by atoms with Gasteiger partial charge in [0.05, 0.1) is 29.8 Å². The van der Waals surface area contributed by atoms with Gasteiger partial charge in [-0.15, -0.1) is 0 Å². The Morgan fingerprint density at radius 3 is 2.48 bits per heavy atom. The number of anilines is 1. The molecule has 2 aromatic carbocycles. The summed E-state index contributed by atoms with van der Waals surface area (Å²) in [5, 5.41) is 0.990. The van der Waals surface area contributed by atoms with Crippen molar-refractivity contribution in [1.29, 1.82) is 0 Å². The molecule has 3 aromatic rings. The Morgan fingerprint density at radius 1 is 1.00 bits per heavy atom. The van der Waals surface area contributed by atoms with Crippen LogP contribution in [0, 0.1) is 20.8 Å². The van der Waals surface area contributed by atoms with Crippen molar-refractivity contribution in [2.24, 2.45) is 0 Å². The average molecular weight is 363 g/mol. The number of nitrogens with zero attached hydrogens (tertiary/aromatic N) is 3. The maximum atomic E-state index is 6.26. The van der Waals surface area contributed by atoms with Gasteiger partial charge in [-0.2, -0.15) is 0 Å². The second kappa shape index (κ2) is 7.53. The van der Waals surface area contributed by atoms with Crippen molar-refractivity contribution < 1.29 is 9.47 Å². The Morgan fingerprint density at radius 2 is 1.74 bits per heavy atom. The van der Waals surface area contributed by atoms with Crippen molar-refractivity contribution in [3.05, 3.63) is 59.0 Å². The molecule has 0 unspecified atom stereocenters. The van der Waals surface area contributed by atoms with Gasteiger partial charge < -0.3 is 14.4 Å². The number of fused-ring (bicyclic) bond motifs is 1. The molecule has 0 amide bonds. The summed E-state index contributed by atoms with van der Waals surface area (Å²) in [5.74, 6) is 1.62. The summed E-state index contributed by atoms with van der Waals surface area (Å²) in [5.41, 5.74) is 5.41. The number of hydrogen-bond donors (Lipinski definition) is 0. The zero-order valence-corrected chi connectivity index (χ0v) is 16.2. The summed E-state index contributed by atoms with van der Waals surface area (Å²) in [6.07, 6.45) is 0. The lowest BCUT2D eigenvalue weighted by molar-refractivity contribution is 0.122. The standard InChI is InChI=1S/C22H25N3O2/c1-15-4-6-18(7-5-15)14-27-21-13-19(25-8-10-26-11-9-25)12-20-22(21)16(2)23-17(3)24-20/h4-7,12-13H,8-11,14H2,1-3H3. The van der Waals surface area contributed by atoms with Crippen LogP contribution < -0.4 is 9.64 Å². The Labute approximate surface area is 160 Å². The van der Waals surface area contributed by atoms with Crippen molar-refractivity contribution in [3.63, 3.8) is 0 Å². The van der Waals surface area contributed by atoms with E-state index in [1.807, 2.05) is 13.8 Å². The molecule has 0 spiro atoms. The minimum atomic E-state index is 0.523. The highest BCUT2D eigenvalue weighted by molar-refractivity contribution is 5.90. The van der Waals surface area contributed by atoms with Crippen LogP contribution in [0.5, 0.6) is 5.75 Å². The maximum Gasteiger partial charge on any atom is 0.133 e. The lowest BCUT2D eigenvalue weighted by Gasteiger charge is -2.29. The number of ether oxygens (including phenoxy) is 2. The van der Waals surface area contributed by atoms with Crippen molar-refractivity contribution in [1.82, 2.24) is 9.97 Å². The fourth-order valence-electron chi connectivity index (χ4n) is 3.50. The fourth-order valence-corrected chi connectivity index (χ4v) is 3.50. The fraction of sp³-hybridized carbons (Fsp3) is 0.364. The molecule has 140 valence electrons. The van der Waals surface area contributed by atoms with E-state index >= 15 is 0 Å². The van der Waals surface area contributed by atoms with Gasteiger partial charge >= 0.3 is 0 Å². The summed E-state index contributed by atoms with van der Waals surface area (Å²) in [6, 6.07) is 12.7. The Kier molecular flexibility index (Phi) is 4.94. The third kappa shape index (κ3) is 3.88. The van der Waals surface area contributed by atoms with Gasteiger partial charge in [0.15, 0.2) is 0 Å². The highest BCUT2D eigenvalue weighted by Gasteiger charge is 2.17. The van der Waals surface area contributed by atoms with Gasteiger partial charge in [-0.05, 0) is 32.4 Å². The van der Waals surface area contributed by atoms with E-state index in [0.717, 1.165) is 65.7 Å². The zero-order valence-electron chi connectivity index (χ0n) is 16.2. The van der Waals surface area contributed by atoms with Crippen LogP contribution in [-0.4, -0.2) is 36.3 Å². The van der Waals surface area contributed by atoms with Crippen molar-refractivity contribution in [2.75, 3.05) is 31.2 Å². The summed E-state index contributed by atoms with van der Waals surface area (Å²) in [6.45, 7) is 9.82. The first-order valence-corrected chi connectivity index (χ1v) is 9.40. The van der Waals surface area contributed by atoms with E-state index in [-0.39, 0.29) is 0 Å². The van der Waals surface area contributed by atoms with Crippen molar-refractivity contribution in [2.45, 2.75) is 27.4 Å². The number of morpholine rings is 1. The Bertz CT molecular complexity index is 948. The maximum absolute atomic E-state index is 6.26. The quantitative estimate of drug-likeness (QED) is 0.702. The van der Waals surface area contributed by atoms with Crippen LogP contribution in [-0.2, 0) is 11.3 Å². The molecule has 1 saturated heterocycles. The summed E-state index contributed by atoms with van der Waals surface area (Å²) in [7, 11) is 0. The summed E-state index contributed by atoms with van der Waals surface area (Å²) >= 11 is 0. The average Bonchev–Trinajstić information content (AvgIpc) is 2.67. The number of aromatic nitrogens is 2. The van der Waals surface area contributed by atoms with E-state index in [1.54, 1.807) is 0 Å². The monoisotopic (exact) mass is 363 g/mol. The first-order chi connectivity index (χ1) is 13.1. The van der Waals surface area contributed by atoms with Crippen LogP contribution in [0.1, 0.15) is 22.6 Å². The van der Waals surface area contributed by atoms with Gasteiger partial charge in [0.25, 0.3) is 0 Å². The van der Waals surface area contributed by atoms with E-state index in [1.165, 1.54) is 5.56 Å².